The molecule has 0 aliphatic rings. The van der Waals surface area contributed by atoms with E-state index in [-0.39, 0.29) is 5.56 Å². The highest BCUT2D eigenvalue weighted by atomic mass is 16.5. The van der Waals surface area contributed by atoms with Crippen LogP contribution in [0.1, 0.15) is 20.7 Å². The second-order valence-electron chi connectivity index (χ2n) is 5.48. The quantitative estimate of drug-likeness (QED) is 0.709. The highest BCUT2D eigenvalue weighted by molar-refractivity contribution is 6.08. The average molecular weight is 348 g/mol. The number of rotatable bonds is 4. The van der Waals surface area contributed by atoms with Gasteiger partial charge < -0.3 is 15.0 Å². The summed E-state index contributed by atoms with van der Waals surface area (Å²) in [4.78, 5) is 38.9. The number of pyridine rings is 1. The van der Waals surface area contributed by atoms with Crippen molar-refractivity contribution in [3.63, 3.8) is 0 Å². The van der Waals surface area contributed by atoms with Crippen LogP contribution in [0, 0.1) is 0 Å². The molecule has 0 saturated carbocycles. The summed E-state index contributed by atoms with van der Waals surface area (Å²) in [5.41, 5.74) is 1.69. The third kappa shape index (κ3) is 3.54. The van der Waals surface area contributed by atoms with Gasteiger partial charge in [-0.15, -0.1) is 0 Å². The lowest BCUT2D eigenvalue weighted by molar-refractivity contribution is 0.0600. The Bertz CT molecular complexity index is 992. The first kappa shape index (κ1) is 17.2. The van der Waals surface area contributed by atoms with E-state index in [9.17, 15) is 14.4 Å². The first-order chi connectivity index (χ1) is 12.6. The summed E-state index contributed by atoms with van der Waals surface area (Å²) in [6.45, 7) is 0. The maximum atomic E-state index is 12.7. The van der Waals surface area contributed by atoms with Crippen molar-refractivity contribution in [3.8, 4) is 11.1 Å². The largest absolute Gasteiger partial charge is 0.465 e. The van der Waals surface area contributed by atoms with E-state index in [1.165, 1.54) is 25.4 Å². The molecule has 0 atom stereocenters. The third-order valence-corrected chi connectivity index (χ3v) is 3.84. The van der Waals surface area contributed by atoms with Crippen molar-refractivity contribution in [3.05, 3.63) is 88.3 Å². The summed E-state index contributed by atoms with van der Waals surface area (Å²) in [5.74, 6) is -0.995. The Hall–Kier alpha value is -3.67. The van der Waals surface area contributed by atoms with Gasteiger partial charge in [0.15, 0.2) is 0 Å². The number of methoxy groups -OCH3 is 1. The van der Waals surface area contributed by atoms with E-state index >= 15 is 0 Å². The van der Waals surface area contributed by atoms with Crippen LogP contribution in [-0.2, 0) is 4.74 Å². The van der Waals surface area contributed by atoms with Crippen molar-refractivity contribution in [2.45, 2.75) is 0 Å². The smallest absolute Gasteiger partial charge is 0.337 e. The highest BCUT2D eigenvalue weighted by Gasteiger charge is 2.17. The Balaban J connectivity index is 1.91. The molecule has 0 spiro atoms. The molecule has 0 fully saturated rings. The van der Waals surface area contributed by atoms with Crippen LogP contribution in [0.2, 0.25) is 0 Å². The zero-order chi connectivity index (χ0) is 18.5. The molecule has 3 aromatic rings. The van der Waals surface area contributed by atoms with E-state index in [1.54, 1.807) is 18.2 Å². The number of hydrogen-bond acceptors (Lipinski definition) is 4. The summed E-state index contributed by atoms with van der Waals surface area (Å²) in [6, 6.07) is 17.1. The van der Waals surface area contributed by atoms with Gasteiger partial charge in [0, 0.05) is 17.4 Å². The molecular formula is C20H16N2O4. The fraction of sp³-hybridized carbons (Fsp3) is 0.0500. The number of amides is 1. The van der Waals surface area contributed by atoms with Crippen molar-refractivity contribution in [1.82, 2.24) is 4.98 Å². The third-order valence-electron chi connectivity index (χ3n) is 3.84. The molecule has 0 saturated heterocycles. The molecule has 0 bridgehead atoms. The van der Waals surface area contributed by atoms with Gasteiger partial charge in [-0.3, -0.25) is 9.59 Å². The molecule has 2 aromatic carbocycles. The summed E-state index contributed by atoms with van der Waals surface area (Å²) in [7, 11) is 1.30. The van der Waals surface area contributed by atoms with E-state index in [1.807, 2.05) is 30.3 Å². The topological polar surface area (TPSA) is 88.3 Å². The van der Waals surface area contributed by atoms with Crippen LogP contribution in [0.3, 0.4) is 0 Å². The standard InChI is InChI=1S/C20H16N2O4/c1-26-20(25)14-7-9-15(10-8-14)22-19(24)17-16(11-12-21-18(17)23)13-5-3-2-4-6-13/h2-12H,1H3,(H,21,23)(H,22,24). The Kier molecular flexibility index (Phi) is 4.94. The number of nitrogens with one attached hydrogen (secondary N) is 2. The van der Waals surface area contributed by atoms with E-state index in [0.29, 0.717) is 16.8 Å². The molecule has 6 nitrogen and oxygen atoms in total. The van der Waals surface area contributed by atoms with Crippen molar-refractivity contribution in [1.29, 1.82) is 0 Å². The monoisotopic (exact) mass is 348 g/mol. The van der Waals surface area contributed by atoms with Crippen LogP contribution in [0.25, 0.3) is 11.1 Å². The number of carbonyl (C=O) groups is 2. The van der Waals surface area contributed by atoms with Gasteiger partial charge in [0.05, 0.1) is 12.7 Å². The van der Waals surface area contributed by atoms with Crippen LogP contribution in [-0.4, -0.2) is 24.0 Å². The first-order valence-electron chi connectivity index (χ1n) is 7.87. The van der Waals surface area contributed by atoms with Crippen LogP contribution in [0.5, 0.6) is 0 Å². The predicted octanol–water partition coefficient (Wildman–Crippen LogP) is 3.08. The van der Waals surface area contributed by atoms with Crippen LogP contribution in [0.15, 0.2) is 71.7 Å². The van der Waals surface area contributed by atoms with Gasteiger partial charge in [-0.1, -0.05) is 30.3 Å². The molecule has 3 rings (SSSR count). The lowest BCUT2D eigenvalue weighted by Gasteiger charge is -2.10. The number of hydrogen-bond donors (Lipinski definition) is 2. The normalized spacial score (nSPS) is 10.2. The predicted molar refractivity (Wildman–Crippen MR) is 98.2 cm³/mol. The molecule has 2 N–H and O–H groups in total. The molecule has 1 heterocycles. The van der Waals surface area contributed by atoms with Gasteiger partial charge in [-0.2, -0.15) is 0 Å². The maximum Gasteiger partial charge on any atom is 0.337 e. The molecule has 0 aliphatic carbocycles. The van der Waals surface area contributed by atoms with Gasteiger partial charge in [0.1, 0.15) is 5.56 Å². The van der Waals surface area contributed by atoms with Crippen LogP contribution < -0.4 is 10.9 Å². The molecule has 1 amide bonds. The second kappa shape index (κ2) is 7.48. The number of H-pyrrole nitrogens is 1. The summed E-state index contributed by atoms with van der Waals surface area (Å²) in [6.07, 6.45) is 1.51. The molecule has 1 aromatic heterocycles. The van der Waals surface area contributed by atoms with Gasteiger partial charge in [-0.25, -0.2) is 4.79 Å². The van der Waals surface area contributed by atoms with E-state index in [4.69, 9.17) is 0 Å². The molecule has 6 heteroatoms. The number of aromatic nitrogens is 1. The average Bonchev–Trinajstić information content (AvgIpc) is 2.68. The van der Waals surface area contributed by atoms with E-state index < -0.39 is 17.4 Å². The molecule has 0 aliphatic heterocycles. The Morgan fingerprint density at radius 1 is 0.962 bits per heavy atom. The number of anilines is 1. The van der Waals surface area contributed by atoms with Gasteiger partial charge in [0.2, 0.25) is 0 Å². The highest BCUT2D eigenvalue weighted by Crippen LogP contribution is 2.21. The van der Waals surface area contributed by atoms with E-state index in [0.717, 1.165) is 5.56 Å². The Morgan fingerprint density at radius 2 is 1.65 bits per heavy atom. The van der Waals surface area contributed by atoms with E-state index in [2.05, 4.69) is 15.0 Å². The van der Waals surface area contributed by atoms with Crippen molar-refractivity contribution >= 4 is 17.6 Å². The SMILES string of the molecule is COC(=O)c1ccc(NC(=O)c2c(-c3ccccc3)cc[nH]c2=O)cc1. The lowest BCUT2D eigenvalue weighted by atomic mass is 10.0. The minimum Gasteiger partial charge on any atom is -0.465 e. The van der Waals surface area contributed by atoms with Crippen molar-refractivity contribution < 1.29 is 14.3 Å². The number of esters is 1. The summed E-state index contributed by atoms with van der Waals surface area (Å²) in [5, 5.41) is 2.68. The number of carbonyl (C=O) groups excluding carboxylic acids is 2. The van der Waals surface area contributed by atoms with Gasteiger partial charge in [0.25, 0.3) is 11.5 Å². The van der Waals surface area contributed by atoms with Gasteiger partial charge >= 0.3 is 5.97 Å². The fourth-order valence-corrected chi connectivity index (χ4v) is 2.56. The van der Waals surface area contributed by atoms with Crippen LogP contribution >= 0.6 is 0 Å². The summed E-state index contributed by atoms with van der Waals surface area (Å²) >= 11 is 0. The number of benzene rings is 2. The summed E-state index contributed by atoms with van der Waals surface area (Å²) < 4.78 is 4.64. The fourth-order valence-electron chi connectivity index (χ4n) is 2.56. The number of ether oxygens (including phenoxy) is 1. The van der Waals surface area contributed by atoms with Crippen molar-refractivity contribution in [2.75, 3.05) is 12.4 Å². The lowest BCUT2D eigenvalue weighted by Crippen LogP contribution is -2.24. The zero-order valence-corrected chi connectivity index (χ0v) is 14.0. The number of aromatic amines is 1. The zero-order valence-electron chi connectivity index (χ0n) is 14.0. The second-order valence-corrected chi connectivity index (χ2v) is 5.48. The molecule has 0 radical (unpaired) electrons. The van der Waals surface area contributed by atoms with Crippen LogP contribution in [0.4, 0.5) is 5.69 Å². The minimum absolute atomic E-state index is 0.0238. The van der Waals surface area contributed by atoms with Crippen molar-refractivity contribution in [2.24, 2.45) is 0 Å². The molecule has 130 valence electrons. The molecule has 26 heavy (non-hydrogen) atoms. The van der Waals surface area contributed by atoms with Gasteiger partial charge in [-0.05, 0) is 35.9 Å². The Labute approximate surface area is 149 Å². The first-order valence-corrected chi connectivity index (χ1v) is 7.87. The molecular weight excluding hydrogens is 332 g/mol. The molecule has 0 unspecified atom stereocenters. The Morgan fingerprint density at radius 3 is 2.31 bits per heavy atom. The minimum atomic E-state index is -0.531. The maximum absolute atomic E-state index is 12.7.